The van der Waals surface area contributed by atoms with E-state index < -0.39 is 96.2 Å². The molecule has 1 aliphatic rings. The van der Waals surface area contributed by atoms with Crippen molar-refractivity contribution in [2.45, 2.75) is 96.4 Å². The number of nitrogens with zero attached hydrogens (tertiary/aromatic N) is 1. The van der Waals surface area contributed by atoms with E-state index in [2.05, 4.69) is 10.2 Å². The lowest BCUT2D eigenvalue weighted by Gasteiger charge is -2.35. The molecule has 0 bridgehead atoms. The molecule has 0 spiro atoms. The number of alkyl halides is 3. The van der Waals surface area contributed by atoms with Gasteiger partial charge in [0.2, 0.25) is 0 Å². The molecule has 2 rings (SSSR count). The summed E-state index contributed by atoms with van der Waals surface area (Å²) in [4.78, 5) is 50.5. The van der Waals surface area contributed by atoms with Gasteiger partial charge in [0.05, 0.1) is 18.8 Å². The molecule has 0 unspecified atom stereocenters. The molecular weight excluding hydrogens is 620 g/mol. The summed E-state index contributed by atoms with van der Waals surface area (Å²) >= 11 is 11.2. The third-order valence-corrected chi connectivity index (χ3v) is 8.74. The average molecular weight is 653 g/mol. The van der Waals surface area contributed by atoms with E-state index in [9.17, 15) is 33.1 Å². The van der Waals surface area contributed by atoms with E-state index in [-0.39, 0.29) is 0 Å². The lowest BCUT2D eigenvalue weighted by molar-refractivity contribution is -0.182. The molecule has 0 saturated carbocycles. The van der Waals surface area contributed by atoms with Gasteiger partial charge in [-0.1, -0.05) is 11.6 Å². The van der Waals surface area contributed by atoms with Gasteiger partial charge in [0.25, 0.3) is 12.0 Å². The summed E-state index contributed by atoms with van der Waals surface area (Å²) in [5.74, 6) is -1.57. The molecule has 13 nitrogen and oxygen atoms in total. The molecule has 0 aromatic carbocycles. The summed E-state index contributed by atoms with van der Waals surface area (Å²) in [7, 11) is 0. The number of hydrogen-bond acceptors (Lipinski definition) is 10. The lowest BCUT2D eigenvalue weighted by Crippen LogP contribution is -2.52. The first-order valence-electron chi connectivity index (χ1n) is 12.3. The minimum absolute atomic E-state index is 0.450. The number of carbonyl (C=O) groups is 2. The number of esters is 2. The van der Waals surface area contributed by atoms with E-state index in [0.29, 0.717) is 10.8 Å². The Morgan fingerprint density at radius 3 is 2.07 bits per heavy atom. The van der Waals surface area contributed by atoms with Crippen molar-refractivity contribution >= 4 is 41.9 Å². The molecule has 6 atom stereocenters. The first kappa shape index (κ1) is 35.3. The molecule has 0 radical (unpaired) electrons. The number of aliphatic hydroxyl groups is 1. The van der Waals surface area contributed by atoms with Crippen LogP contribution in [-0.4, -0.2) is 81.8 Å². The first-order chi connectivity index (χ1) is 18.8. The van der Waals surface area contributed by atoms with Gasteiger partial charge < -0.3 is 23.8 Å². The Kier molecular flexibility index (Phi) is 12.1. The highest BCUT2D eigenvalue weighted by Gasteiger charge is 2.62. The van der Waals surface area contributed by atoms with Crippen molar-refractivity contribution in [3.05, 3.63) is 32.1 Å². The summed E-state index contributed by atoms with van der Waals surface area (Å²) in [6.45, 7) is 3.83. The smallest absolute Gasteiger partial charge is 0.330 e. The van der Waals surface area contributed by atoms with E-state index in [1.54, 1.807) is 32.7 Å². The fraction of sp³-hybridized carbons (Fsp3) is 0.727. The summed E-state index contributed by atoms with van der Waals surface area (Å²) in [6.07, 6.45) is -11.2. The van der Waals surface area contributed by atoms with Crippen LogP contribution in [-0.2, 0) is 40.1 Å². The molecule has 1 saturated heterocycles. The predicted octanol–water partition coefficient (Wildman–Crippen LogP) is 1.52. The first-order valence-corrected chi connectivity index (χ1v) is 15.4. The van der Waals surface area contributed by atoms with Crippen LogP contribution < -0.4 is 21.4 Å². The minimum atomic E-state index is -3.89. The topological polar surface area (TPSA) is 170 Å². The van der Waals surface area contributed by atoms with Crippen LogP contribution in [0.2, 0.25) is 5.02 Å². The monoisotopic (exact) mass is 652 g/mol. The molecule has 1 fully saturated rings. The van der Waals surface area contributed by atoms with E-state index in [1.165, 1.54) is 13.8 Å². The van der Waals surface area contributed by atoms with Gasteiger partial charge in [-0.05, 0) is 53.3 Å². The van der Waals surface area contributed by atoms with Crippen molar-refractivity contribution in [3.8, 4) is 0 Å². The van der Waals surface area contributed by atoms with Gasteiger partial charge in [-0.15, -0.1) is 0 Å². The molecule has 41 heavy (non-hydrogen) atoms. The third kappa shape index (κ3) is 8.60. The van der Waals surface area contributed by atoms with Gasteiger partial charge in [-0.25, -0.2) is 28.1 Å². The van der Waals surface area contributed by atoms with E-state index in [1.807, 2.05) is 0 Å². The van der Waals surface area contributed by atoms with Gasteiger partial charge in [-0.3, -0.25) is 23.9 Å². The highest BCUT2D eigenvalue weighted by atomic mass is 35.5. The van der Waals surface area contributed by atoms with Crippen LogP contribution in [0.25, 0.3) is 0 Å². The van der Waals surface area contributed by atoms with E-state index >= 15 is 4.39 Å². The SMILES string of the molecule is CC(C)OC(=O)[C@H](C)NP(=S)(N[C@@H](C)C(=O)OC(C)C)OC[C@@]1(C(F)F)O[C@@H](n2cc(Cl)c(=O)[nH]c2=O)[C@H](O)[C@H]1F. The highest BCUT2D eigenvalue weighted by Crippen LogP contribution is 2.47. The van der Waals surface area contributed by atoms with Gasteiger partial charge in [-0.2, -0.15) is 0 Å². The third-order valence-electron chi connectivity index (χ3n) is 5.58. The number of nitrogens with one attached hydrogen (secondary N) is 3. The minimum Gasteiger partial charge on any atom is -0.462 e. The maximum atomic E-state index is 15.4. The summed E-state index contributed by atoms with van der Waals surface area (Å²) < 4.78 is 65.8. The van der Waals surface area contributed by atoms with Crippen molar-refractivity contribution in [1.82, 2.24) is 19.7 Å². The van der Waals surface area contributed by atoms with Gasteiger partial charge in [0, 0.05) is 6.20 Å². The maximum Gasteiger partial charge on any atom is 0.330 e. The number of ether oxygens (including phenoxy) is 3. The van der Waals surface area contributed by atoms with Crippen LogP contribution in [0.1, 0.15) is 47.8 Å². The Labute approximate surface area is 243 Å². The quantitative estimate of drug-likeness (QED) is 0.179. The average Bonchev–Trinajstić information content (AvgIpc) is 3.10. The molecule has 1 aliphatic heterocycles. The Morgan fingerprint density at radius 2 is 1.63 bits per heavy atom. The molecule has 0 amide bonds. The zero-order chi connectivity index (χ0) is 31.4. The number of rotatable bonds is 13. The van der Waals surface area contributed by atoms with Gasteiger partial charge >= 0.3 is 17.6 Å². The second kappa shape index (κ2) is 14.1. The van der Waals surface area contributed by atoms with E-state index in [4.69, 9.17) is 42.1 Å². The van der Waals surface area contributed by atoms with Crippen molar-refractivity contribution in [3.63, 3.8) is 0 Å². The number of aliphatic hydroxyl groups excluding tert-OH is 1. The molecule has 4 N–H and O–H groups in total. The second-order valence-corrected chi connectivity index (χ2v) is 13.6. The standard InChI is InChI=1S/C22H33ClF3N4O9PS/c1-9(2)37-18(33)11(5)28-40(41,29-12(6)19(34)38-10(3)4)36-8-22(20(25)26)15(24)14(31)17(39-22)30-7-13(23)16(32)27-21(30)35/h7,9-12,14-15,17,20,31H,8H2,1-6H3,(H,27,32,35)(H2,28,29,41)/t11-,12-,14+,15+,17+,22+/m0/s1. The summed E-state index contributed by atoms with van der Waals surface area (Å²) in [5, 5.41) is 15.1. The fourth-order valence-electron chi connectivity index (χ4n) is 3.60. The van der Waals surface area contributed by atoms with Gasteiger partial charge in [0.15, 0.2) is 24.6 Å². The Hall–Kier alpha value is -1.85. The Balaban J connectivity index is 2.42. The molecule has 1 aromatic rings. The number of H-pyrrole nitrogens is 1. The number of halogens is 4. The van der Waals surface area contributed by atoms with Crippen LogP contribution in [0.3, 0.4) is 0 Å². The van der Waals surface area contributed by atoms with Crippen molar-refractivity contribution in [2.75, 3.05) is 6.61 Å². The lowest BCUT2D eigenvalue weighted by atomic mass is 9.98. The summed E-state index contributed by atoms with van der Waals surface area (Å²) in [6, 6.07) is -2.37. The molecular formula is C22H33ClF3N4O9PS. The van der Waals surface area contributed by atoms with Crippen LogP contribution in [0.5, 0.6) is 0 Å². The van der Waals surface area contributed by atoms with Gasteiger partial charge in [0.1, 0.15) is 23.2 Å². The van der Waals surface area contributed by atoms with Crippen LogP contribution in [0, 0.1) is 0 Å². The molecule has 19 heteroatoms. The number of carbonyl (C=O) groups excluding carboxylic acids is 2. The van der Waals surface area contributed by atoms with Crippen molar-refractivity contribution < 1.29 is 46.6 Å². The fourth-order valence-corrected chi connectivity index (χ4v) is 6.70. The highest BCUT2D eigenvalue weighted by molar-refractivity contribution is 8.10. The molecule has 1 aromatic heterocycles. The molecule has 234 valence electrons. The van der Waals surface area contributed by atoms with Crippen LogP contribution >= 0.6 is 18.2 Å². The zero-order valence-corrected chi connectivity index (χ0v) is 25.4. The predicted molar refractivity (Wildman–Crippen MR) is 144 cm³/mol. The number of aromatic nitrogens is 2. The normalized spacial score (nSPS) is 24.6. The van der Waals surface area contributed by atoms with Crippen molar-refractivity contribution in [2.24, 2.45) is 0 Å². The maximum absolute atomic E-state index is 15.4. The molecule has 0 aliphatic carbocycles. The summed E-state index contributed by atoms with van der Waals surface area (Å²) in [5.41, 5.74) is -5.41. The Bertz CT molecular complexity index is 1240. The largest absolute Gasteiger partial charge is 0.462 e. The number of aromatic amines is 1. The van der Waals surface area contributed by atoms with E-state index in [0.717, 1.165) is 0 Å². The molecule has 2 heterocycles. The Morgan fingerprint density at radius 1 is 1.15 bits per heavy atom. The van der Waals surface area contributed by atoms with Crippen LogP contribution in [0.4, 0.5) is 13.2 Å². The second-order valence-electron chi connectivity index (χ2n) is 9.80. The number of hydrogen-bond donors (Lipinski definition) is 4. The van der Waals surface area contributed by atoms with Crippen molar-refractivity contribution in [1.29, 1.82) is 0 Å². The van der Waals surface area contributed by atoms with Crippen LogP contribution in [0.15, 0.2) is 15.8 Å². The zero-order valence-electron chi connectivity index (χ0n) is 22.9.